The molecule has 1 atom stereocenters. The molecular weight excluding hydrogens is 250 g/mol. The molecule has 3 N–H and O–H groups in total. The molecule has 1 fully saturated rings. The standard InChI is InChI=1S/C12H27N3O2S/c1-3-5-12(4-2)14-18(16,17)15-8-6-11(10-13)7-9-15/h11-12,14H,3-10,13H2,1-2H3. The van der Waals surface area contributed by atoms with Crippen molar-refractivity contribution in [1.82, 2.24) is 9.03 Å². The zero-order valence-electron chi connectivity index (χ0n) is 11.6. The molecular formula is C12H27N3O2S. The minimum absolute atomic E-state index is 0.0623. The van der Waals surface area contributed by atoms with E-state index < -0.39 is 10.2 Å². The minimum atomic E-state index is -3.31. The van der Waals surface area contributed by atoms with E-state index >= 15 is 0 Å². The average Bonchev–Trinajstić information content (AvgIpc) is 2.38. The predicted octanol–water partition coefficient (Wildman–Crippen LogP) is 1.07. The van der Waals surface area contributed by atoms with Gasteiger partial charge >= 0.3 is 0 Å². The van der Waals surface area contributed by atoms with Crippen molar-refractivity contribution in [2.75, 3.05) is 19.6 Å². The summed E-state index contributed by atoms with van der Waals surface area (Å²) < 4.78 is 28.8. The van der Waals surface area contributed by atoms with Gasteiger partial charge in [0, 0.05) is 19.1 Å². The summed E-state index contributed by atoms with van der Waals surface area (Å²) in [6.07, 6.45) is 4.49. The highest BCUT2D eigenvalue weighted by Gasteiger charge is 2.28. The van der Waals surface area contributed by atoms with Crippen LogP contribution in [0.25, 0.3) is 0 Å². The van der Waals surface area contributed by atoms with E-state index in [2.05, 4.69) is 11.6 Å². The first-order valence-corrected chi connectivity index (χ1v) is 8.44. The Labute approximate surface area is 111 Å². The smallest absolute Gasteiger partial charge is 0.279 e. The van der Waals surface area contributed by atoms with E-state index in [-0.39, 0.29) is 6.04 Å². The Bertz CT molecular complexity index is 324. The first-order chi connectivity index (χ1) is 8.53. The van der Waals surface area contributed by atoms with Gasteiger partial charge in [0.1, 0.15) is 0 Å². The van der Waals surface area contributed by atoms with Gasteiger partial charge in [0.05, 0.1) is 0 Å². The number of hydrogen-bond donors (Lipinski definition) is 2. The van der Waals surface area contributed by atoms with E-state index in [1.807, 2.05) is 6.92 Å². The van der Waals surface area contributed by atoms with Gasteiger partial charge in [0.25, 0.3) is 10.2 Å². The van der Waals surface area contributed by atoms with Crippen LogP contribution in [0, 0.1) is 5.92 Å². The van der Waals surface area contributed by atoms with Gasteiger partial charge in [-0.25, -0.2) is 0 Å². The monoisotopic (exact) mass is 277 g/mol. The van der Waals surface area contributed by atoms with Crippen LogP contribution in [-0.4, -0.2) is 38.4 Å². The van der Waals surface area contributed by atoms with Crippen LogP contribution in [0.1, 0.15) is 46.0 Å². The van der Waals surface area contributed by atoms with Crippen molar-refractivity contribution < 1.29 is 8.42 Å². The molecule has 0 saturated carbocycles. The van der Waals surface area contributed by atoms with Gasteiger partial charge in [-0.1, -0.05) is 20.3 Å². The second-order valence-electron chi connectivity index (χ2n) is 5.09. The van der Waals surface area contributed by atoms with Gasteiger partial charge in [0.2, 0.25) is 0 Å². The number of nitrogens with zero attached hydrogens (tertiary/aromatic N) is 1. The second kappa shape index (κ2) is 7.43. The fourth-order valence-electron chi connectivity index (χ4n) is 2.37. The zero-order valence-corrected chi connectivity index (χ0v) is 12.4. The number of hydrogen-bond acceptors (Lipinski definition) is 3. The summed E-state index contributed by atoms with van der Waals surface area (Å²) in [4.78, 5) is 0. The van der Waals surface area contributed by atoms with Crippen molar-refractivity contribution in [3.63, 3.8) is 0 Å². The van der Waals surface area contributed by atoms with Crippen LogP contribution in [0.15, 0.2) is 0 Å². The van der Waals surface area contributed by atoms with Crippen molar-refractivity contribution in [3.8, 4) is 0 Å². The summed E-state index contributed by atoms with van der Waals surface area (Å²) in [5.74, 6) is 0.481. The molecule has 1 aliphatic heterocycles. The molecule has 1 rings (SSSR count). The lowest BCUT2D eigenvalue weighted by atomic mass is 9.99. The maximum atomic E-state index is 12.2. The summed E-state index contributed by atoms with van der Waals surface area (Å²) in [6, 6.07) is 0.0623. The van der Waals surface area contributed by atoms with Crippen LogP contribution in [0.3, 0.4) is 0 Å². The molecule has 1 unspecified atom stereocenters. The molecule has 0 aromatic rings. The summed E-state index contributed by atoms with van der Waals surface area (Å²) >= 11 is 0. The highest BCUT2D eigenvalue weighted by atomic mass is 32.2. The van der Waals surface area contributed by atoms with E-state index in [0.717, 1.165) is 32.1 Å². The van der Waals surface area contributed by atoms with Crippen LogP contribution in [0.4, 0.5) is 0 Å². The van der Waals surface area contributed by atoms with Gasteiger partial charge < -0.3 is 5.73 Å². The zero-order chi connectivity index (χ0) is 13.6. The normalized spacial score (nSPS) is 21.1. The molecule has 1 saturated heterocycles. The van der Waals surface area contributed by atoms with E-state index in [0.29, 0.717) is 25.6 Å². The average molecular weight is 277 g/mol. The molecule has 6 heteroatoms. The molecule has 0 aromatic heterocycles. The summed E-state index contributed by atoms with van der Waals surface area (Å²) in [5.41, 5.74) is 5.62. The maximum Gasteiger partial charge on any atom is 0.279 e. The first kappa shape index (κ1) is 15.9. The van der Waals surface area contributed by atoms with Crippen LogP contribution in [0.2, 0.25) is 0 Å². The molecule has 0 aromatic carbocycles. The molecule has 0 aliphatic carbocycles. The Morgan fingerprint density at radius 3 is 2.39 bits per heavy atom. The maximum absolute atomic E-state index is 12.2. The SMILES string of the molecule is CCCC(CC)NS(=O)(=O)N1CCC(CN)CC1. The fraction of sp³-hybridized carbons (Fsp3) is 1.00. The van der Waals surface area contributed by atoms with E-state index in [1.165, 1.54) is 0 Å². The quantitative estimate of drug-likeness (QED) is 0.731. The molecule has 1 heterocycles. The van der Waals surface area contributed by atoms with E-state index in [1.54, 1.807) is 4.31 Å². The third kappa shape index (κ3) is 4.50. The second-order valence-corrected chi connectivity index (χ2v) is 6.80. The van der Waals surface area contributed by atoms with Gasteiger partial charge in [0.15, 0.2) is 0 Å². The van der Waals surface area contributed by atoms with Gasteiger partial charge in [-0.2, -0.15) is 17.4 Å². The van der Waals surface area contributed by atoms with Gasteiger partial charge in [-0.15, -0.1) is 0 Å². The fourth-order valence-corrected chi connectivity index (χ4v) is 3.91. The van der Waals surface area contributed by atoms with Crippen molar-refractivity contribution >= 4 is 10.2 Å². The van der Waals surface area contributed by atoms with Crippen molar-refractivity contribution in [3.05, 3.63) is 0 Å². The Morgan fingerprint density at radius 2 is 1.94 bits per heavy atom. The Morgan fingerprint density at radius 1 is 1.33 bits per heavy atom. The van der Waals surface area contributed by atoms with Crippen molar-refractivity contribution in [1.29, 1.82) is 0 Å². The lowest BCUT2D eigenvalue weighted by Crippen LogP contribution is -2.48. The molecule has 0 radical (unpaired) electrons. The number of piperidine rings is 1. The summed E-state index contributed by atoms with van der Waals surface area (Å²) in [7, 11) is -3.31. The minimum Gasteiger partial charge on any atom is -0.330 e. The Hall–Kier alpha value is -0.170. The molecule has 108 valence electrons. The van der Waals surface area contributed by atoms with Crippen LogP contribution in [-0.2, 0) is 10.2 Å². The third-order valence-electron chi connectivity index (χ3n) is 3.69. The molecule has 0 amide bonds. The van der Waals surface area contributed by atoms with Crippen LogP contribution >= 0.6 is 0 Å². The molecule has 0 bridgehead atoms. The lowest BCUT2D eigenvalue weighted by Gasteiger charge is -2.31. The molecule has 0 spiro atoms. The predicted molar refractivity (Wildman–Crippen MR) is 74.4 cm³/mol. The van der Waals surface area contributed by atoms with Crippen LogP contribution < -0.4 is 10.5 Å². The number of nitrogens with one attached hydrogen (secondary N) is 1. The van der Waals surface area contributed by atoms with Gasteiger partial charge in [-0.3, -0.25) is 0 Å². The summed E-state index contributed by atoms with van der Waals surface area (Å²) in [5, 5.41) is 0. The van der Waals surface area contributed by atoms with Gasteiger partial charge in [-0.05, 0) is 38.1 Å². The first-order valence-electron chi connectivity index (χ1n) is 7.00. The highest BCUT2D eigenvalue weighted by Crippen LogP contribution is 2.18. The third-order valence-corrected chi connectivity index (χ3v) is 5.37. The molecule has 1 aliphatic rings. The Kier molecular flexibility index (Phi) is 6.55. The number of nitrogens with two attached hydrogens (primary N) is 1. The van der Waals surface area contributed by atoms with Crippen molar-refractivity contribution in [2.45, 2.75) is 52.0 Å². The highest BCUT2D eigenvalue weighted by molar-refractivity contribution is 7.87. The van der Waals surface area contributed by atoms with E-state index in [4.69, 9.17) is 5.73 Å². The largest absolute Gasteiger partial charge is 0.330 e. The molecule has 5 nitrogen and oxygen atoms in total. The Balaban J connectivity index is 2.53. The van der Waals surface area contributed by atoms with Crippen LogP contribution in [0.5, 0.6) is 0 Å². The summed E-state index contributed by atoms with van der Waals surface area (Å²) in [6.45, 7) is 5.95. The van der Waals surface area contributed by atoms with Crippen molar-refractivity contribution in [2.24, 2.45) is 11.7 Å². The number of rotatable bonds is 7. The lowest BCUT2D eigenvalue weighted by molar-refractivity contribution is 0.273. The van der Waals surface area contributed by atoms with E-state index in [9.17, 15) is 8.42 Å². The topological polar surface area (TPSA) is 75.4 Å². The molecule has 18 heavy (non-hydrogen) atoms.